The molecule has 0 amide bonds. The topological polar surface area (TPSA) is 61.7 Å². The first-order valence-electron chi connectivity index (χ1n) is 4.98. The van der Waals surface area contributed by atoms with E-state index in [1.165, 1.54) is 7.11 Å². The van der Waals surface area contributed by atoms with E-state index in [-0.39, 0.29) is 18.4 Å². The van der Waals surface area contributed by atoms with Gasteiger partial charge in [0.05, 0.1) is 13.7 Å². The van der Waals surface area contributed by atoms with Crippen molar-refractivity contribution in [2.45, 2.75) is 19.5 Å². The zero-order valence-electron chi connectivity index (χ0n) is 9.33. The zero-order chi connectivity index (χ0) is 12.1. The molecule has 0 radical (unpaired) electrons. The molecule has 0 aliphatic carbocycles. The number of hydrogen-bond acceptors (Lipinski definition) is 4. The van der Waals surface area contributed by atoms with E-state index in [0.717, 1.165) is 10.0 Å². The van der Waals surface area contributed by atoms with Gasteiger partial charge < -0.3 is 20.3 Å². The summed E-state index contributed by atoms with van der Waals surface area (Å²) >= 11 is 3.34. The van der Waals surface area contributed by atoms with E-state index in [1.54, 1.807) is 6.07 Å². The molecule has 4 nitrogen and oxygen atoms in total. The van der Waals surface area contributed by atoms with Crippen LogP contribution in [0.2, 0.25) is 0 Å². The van der Waals surface area contributed by atoms with Gasteiger partial charge in [0.1, 0.15) is 0 Å². The standard InChI is InChI=1S/C11H16BrNO3/c1-7(6-14)13-5-8-3-9(12)4-10(16-2)11(8)15/h3-4,7,13-15H,5-6H2,1-2H3/t7-/m1/s1. The number of rotatable bonds is 5. The summed E-state index contributed by atoms with van der Waals surface area (Å²) in [7, 11) is 1.51. The Bertz CT molecular complexity index is 357. The molecular weight excluding hydrogens is 274 g/mol. The van der Waals surface area contributed by atoms with Crippen LogP contribution in [0.25, 0.3) is 0 Å². The summed E-state index contributed by atoms with van der Waals surface area (Å²) in [6.07, 6.45) is 0. The molecule has 90 valence electrons. The first-order valence-corrected chi connectivity index (χ1v) is 5.77. The van der Waals surface area contributed by atoms with E-state index in [0.29, 0.717) is 12.3 Å². The number of nitrogens with one attached hydrogen (secondary N) is 1. The fourth-order valence-corrected chi connectivity index (χ4v) is 1.75. The number of benzene rings is 1. The summed E-state index contributed by atoms with van der Waals surface area (Å²) in [5, 5.41) is 21.8. The highest BCUT2D eigenvalue weighted by atomic mass is 79.9. The molecule has 0 fully saturated rings. The van der Waals surface area contributed by atoms with Crippen LogP contribution in [0.4, 0.5) is 0 Å². The van der Waals surface area contributed by atoms with E-state index in [9.17, 15) is 5.11 Å². The van der Waals surface area contributed by atoms with Crippen molar-refractivity contribution in [3.05, 3.63) is 22.2 Å². The highest BCUT2D eigenvalue weighted by Crippen LogP contribution is 2.33. The van der Waals surface area contributed by atoms with Gasteiger partial charge in [-0.25, -0.2) is 0 Å². The Labute approximate surface area is 103 Å². The molecule has 1 aromatic carbocycles. The Balaban J connectivity index is 2.83. The fraction of sp³-hybridized carbons (Fsp3) is 0.455. The summed E-state index contributed by atoms with van der Waals surface area (Å²) in [5.74, 6) is 0.561. The molecule has 5 heteroatoms. The lowest BCUT2D eigenvalue weighted by Crippen LogP contribution is -2.28. The Morgan fingerprint density at radius 3 is 2.75 bits per heavy atom. The van der Waals surface area contributed by atoms with Gasteiger partial charge in [-0.2, -0.15) is 0 Å². The minimum Gasteiger partial charge on any atom is -0.504 e. The van der Waals surface area contributed by atoms with Crippen LogP contribution >= 0.6 is 15.9 Å². The van der Waals surface area contributed by atoms with Crippen LogP contribution in [0.1, 0.15) is 12.5 Å². The molecule has 0 bridgehead atoms. The molecule has 1 atom stereocenters. The molecule has 3 N–H and O–H groups in total. The molecule has 1 rings (SSSR count). The van der Waals surface area contributed by atoms with Crippen LogP contribution in [-0.4, -0.2) is 30.0 Å². The summed E-state index contributed by atoms with van der Waals surface area (Å²) < 4.78 is 5.89. The third-order valence-electron chi connectivity index (χ3n) is 2.25. The molecule has 1 aromatic rings. The van der Waals surface area contributed by atoms with Gasteiger partial charge in [-0.15, -0.1) is 0 Å². The average molecular weight is 290 g/mol. The number of ether oxygens (including phenoxy) is 1. The summed E-state index contributed by atoms with van der Waals surface area (Å²) in [6, 6.07) is 3.51. The molecule has 0 aromatic heterocycles. The van der Waals surface area contributed by atoms with Gasteiger partial charge in [-0.1, -0.05) is 15.9 Å². The molecule has 0 saturated carbocycles. The molecule has 0 aliphatic heterocycles. The van der Waals surface area contributed by atoms with Gasteiger partial charge in [-0.05, 0) is 19.1 Å². The van der Waals surface area contributed by atoms with Crippen molar-refractivity contribution < 1.29 is 14.9 Å². The third kappa shape index (κ3) is 3.37. The van der Waals surface area contributed by atoms with Crippen molar-refractivity contribution in [2.75, 3.05) is 13.7 Å². The van der Waals surface area contributed by atoms with E-state index >= 15 is 0 Å². The van der Waals surface area contributed by atoms with Crippen molar-refractivity contribution in [3.8, 4) is 11.5 Å². The van der Waals surface area contributed by atoms with E-state index in [1.807, 2.05) is 13.0 Å². The first-order chi connectivity index (χ1) is 7.58. The first kappa shape index (κ1) is 13.3. The Hall–Kier alpha value is -0.780. The average Bonchev–Trinajstić information content (AvgIpc) is 2.29. The number of phenols is 1. The quantitative estimate of drug-likeness (QED) is 0.771. The van der Waals surface area contributed by atoms with Crippen molar-refractivity contribution in [2.24, 2.45) is 0 Å². The fourth-order valence-electron chi connectivity index (χ4n) is 1.27. The van der Waals surface area contributed by atoms with Gasteiger partial charge in [0.2, 0.25) is 0 Å². The smallest absolute Gasteiger partial charge is 0.162 e. The van der Waals surface area contributed by atoms with Crippen LogP contribution in [0, 0.1) is 0 Å². The zero-order valence-corrected chi connectivity index (χ0v) is 10.9. The monoisotopic (exact) mass is 289 g/mol. The van der Waals surface area contributed by atoms with E-state index in [2.05, 4.69) is 21.2 Å². The highest BCUT2D eigenvalue weighted by Gasteiger charge is 2.10. The summed E-state index contributed by atoms with van der Waals surface area (Å²) in [6.45, 7) is 2.40. The largest absolute Gasteiger partial charge is 0.504 e. The third-order valence-corrected chi connectivity index (χ3v) is 2.71. The van der Waals surface area contributed by atoms with Crippen LogP contribution in [-0.2, 0) is 6.54 Å². The minimum atomic E-state index is -0.00984. The maximum atomic E-state index is 9.85. The van der Waals surface area contributed by atoms with Crippen molar-refractivity contribution in [1.29, 1.82) is 0 Å². The molecular formula is C11H16BrNO3. The van der Waals surface area contributed by atoms with E-state index in [4.69, 9.17) is 9.84 Å². The molecule has 0 aliphatic rings. The maximum Gasteiger partial charge on any atom is 0.162 e. The Morgan fingerprint density at radius 1 is 1.50 bits per heavy atom. The lowest BCUT2D eigenvalue weighted by atomic mass is 10.1. The second kappa shape index (κ2) is 6.08. The van der Waals surface area contributed by atoms with Crippen LogP contribution in [0.3, 0.4) is 0 Å². The Morgan fingerprint density at radius 2 is 2.19 bits per heavy atom. The van der Waals surface area contributed by atoms with Crippen molar-refractivity contribution in [1.82, 2.24) is 5.32 Å². The number of hydrogen-bond donors (Lipinski definition) is 3. The van der Waals surface area contributed by atoms with Gasteiger partial charge in [0.15, 0.2) is 11.5 Å². The second-order valence-electron chi connectivity index (χ2n) is 3.58. The van der Waals surface area contributed by atoms with E-state index < -0.39 is 0 Å². The SMILES string of the molecule is COc1cc(Br)cc(CN[C@H](C)CO)c1O. The van der Waals surface area contributed by atoms with Crippen LogP contribution < -0.4 is 10.1 Å². The van der Waals surface area contributed by atoms with Crippen LogP contribution in [0.5, 0.6) is 11.5 Å². The van der Waals surface area contributed by atoms with Gasteiger partial charge in [-0.3, -0.25) is 0 Å². The summed E-state index contributed by atoms with van der Waals surface area (Å²) in [4.78, 5) is 0. The molecule has 0 unspecified atom stereocenters. The second-order valence-corrected chi connectivity index (χ2v) is 4.50. The lowest BCUT2D eigenvalue weighted by Gasteiger charge is -2.13. The molecule has 0 saturated heterocycles. The number of aliphatic hydroxyl groups is 1. The van der Waals surface area contributed by atoms with Crippen molar-refractivity contribution in [3.63, 3.8) is 0 Å². The summed E-state index contributed by atoms with van der Waals surface area (Å²) in [5.41, 5.74) is 0.728. The molecule has 0 heterocycles. The lowest BCUT2D eigenvalue weighted by molar-refractivity contribution is 0.250. The maximum absolute atomic E-state index is 9.85. The predicted octanol–water partition coefficient (Wildman–Crippen LogP) is 1.63. The van der Waals surface area contributed by atoms with Gasteiger partial charge in [0.25, 0.3) is 0 Å². The highest BCUT2D eigenvalue weighted by molar-refractivity contribution is 9.10. The minimum absolute atomic E-state index is 0.00984. The van der Waals surface area contributed by atoms with Gasteiger partial charge in [0, 0.05) is 22.6 Å². The van der Waals surface area contributed by atoms with Gasteiger partial charge >= 0.3 is 0 Å². The number of aromatic hydroxyl groups is 1. The normalized spacial score (nSPS) is 12.5. The molecule has 0 spiro atoms. The van der Waals surface area contributed by atoms with Crippen LogP contribution in [0.15, 0.2) is 16.6 Å². The number of aliphatic hydroxyl groups excluding tert-OH is 1. The Kier molecular flexibility index (Phi) is 5.05. The number of methoxy groups -OCH3 is 1. The number of phenolic OH excluding ortho intramolecular Hbond substituents is 1. The number of halogens is 1. The predicted molar refractivity (Wildman–Crippen MR) is 65.7 cm³/mol. The molecule has 16 heavy (non-hydrogen) atoms. The van der Waals surface area contributed by atoms with Crippen molar-refractivity contribution >= 4 is 15.9 Å².